The number of carbonyl (C=O) groups excluding carboxylic acids is 1. The molecule has 0 unspecified atom stereocenters. The summed E-state index contributed by atoms with van der Waals surface area (Å²) in [5.74, 6) is 1.93. The summed E-state index contributed by atoms with van der Waals surface area (Å²) < 4.78 is 5.62. The lowest BCUT2D eigenvalue weighted by Crippen LogP contribution is -2.32. The highest BCUT2D eigenvalue weighted by molar-refractivity contribution is 5.92. The molecule has 1 atom stereocenters. The van der Waals surface area contributed by atoms with Crippen LogP contribution in [0.4, 0.5) is 11.4 Å². The summed E-state index contributed by atoms with van der Waals surface area (Å²) in [6, 6.07) is 16.1. The first-order valence-electron chi connectivity index (χ1n) is 10.4. The minimum Gasteiger partial charge on any atom is -0.484 e. The molecule has 0 spiro atoms. The molecule has 1 aliphatic heterocycles. The first-order chi connectivity index (χ1) is 13.5. The van der Waals surface area contributed by atoms with Gasteiger partial charge in [0.1, 0.15) is 5.75 Å². The van der Waals surface area contributed by atoms with Gasteiger partial charge in [0.05, 0.1) is 0 Å². The van der Waals surface area contributed by atoms with Crippen molar-refractivity contribution in [1.82, 2.24) is 0 Å². The maximum Gasteiger partial charge on any atom is 0.262 e. The van der Waals surface area contributed by atoms with Crippen molar-refractivity contribution in [3.63, 3.8) is 0 Å². The number of ether oxygens (including phenoxy) is 1. The number of carbonyl (C=O) groups is 1. The Morgan fingerprint density at radius 1 is 1.11 bits per heavy atom. The molecule has 3 rings (SSSR count). The largest absolute Gasteiger partial charge is 0.484 e. The lowest BCUT2D eigenvalue weighted by molar-refractivity contribution is -0.118. The molecular weight excluding hydrogens is 348 g/mol. The number of amides is 1. The fourth-order valence-corrected chi connectivity index (χ4v) is 3.50. The topological polar surface area (TPSA) is 41.6 Å². The third-order valence-electron chi connectivity index (χ3n) is 5.73. The van der Waals surface area contributed by atoms with Crippen molar-refractivity contribution in [3.8, 4) is 5.75 Å². The number of nitrogens with one attached hydrogen (secondary N) is 1. The zero-order valence-corrected chi connectivity index (χ0v) is 17.3. The van der Waals surface area contributed by atoms with E-state index in [0.29, 0.717) is 5.92 Å². The minimum atomic E-state index is -0.148. The lowest BCUT2D eigenvalue weighted by Gasteiger charge is -2.32. The van der Waals surface area contributed by atoms with E-state index in [1.54, 1.807) is 0 Å². The minimum absolute atomic E-state index is 0.00838. The molecule has 0 saturated carbocycles. The van der Waals surface area contributed by atoms with Gasteiger partial charge in [-0.25, -0.2) is 0 Å². The summed E-state index contributed by atoms with van der Waals surface area (Å²) in [6.45, 7) is 8.93. The summed E-state index contributed by atoms with van der Waals surface area (Å²) in [7, 11) is 0. The van der Waals surface area contributed by atoms with E-state index in [1.807, 2.05) is 24.3 Å². The van der Waals surface area contributed by atoms with Crippen LogP contribution in [-0.2, 0) is 4.79 Å². The lowest BCUT2D eigenvalue weighted by atomic mass is 9.99. The van der Waals surface area contributed by atoms with E-state index in [1.165, 1.54) is 24.1 Å². The van der Waals surface area contributed by atoms with Crippen molar-refractivity contribution in [3.05, 3.63) is 54.1 Å². The summed E-state index contributed by atoms with van der Waals surface area (Å²) in [5.41, 5.74) is 3.32. The predicted octanol–water partition coefficient (Wildman–Crippen LogP) is 5.45. The van der Waals surface area contributed by atoms with Gasteiger partial charge in [0.25, 0.3) is 5.91 Å². The van der Waals surface area contributed by atoms with Crippen molar-refractivity contribution >= 4 is 17.3 Å². The second kappa shape index (κ2) is 9.63. The molecule has 2 aromatic rings. The average molecular weight is 381 g/mol. The Morgan fingerprint density at radius 2 is 1.75 bits per heavy atom. The molecule has 0 bridgehead atoms. The van der Waals surface area contributed by atoms with Crippen LogP contribution in [0.2, 0.25) is 0 Å². The van der Waals surface area contributed by atoms with E-state index in [4.69, 9.17) is 4.74 Å². The Balaban J connectivity index is 1.47. The molecule has 1 N–H and O–H groups in total. The van der Waals surface area contributed by atoms with E-state index in [9.17, 15) is 4.79 Å². The summed E-state index contributed by atoms with van der Waals surface area (Å²) in [5, 5.41) is 2.91. The van der Waals surface area contributed by atoms with Gasteiger partial charge < -0.3 is 15.0 Å². The van der Waals surface area contributed by atoms with Crippen LogP contribution in [0.25, 0.3) is 0 Å². The smallest absolute Gasteiger partial charge is 0.262 e. The molecule has 1 heterocycles. The molecule has 1 amide bonds. The zero-order valence-electron chi connectivity index (χ0n) is 17.3. The standard InChI is InChI=1S/C24H32N2O2/c1-4-19(3)20-5-11-23(12-6-20)28-17-24(27)25-21-7-9-22(10-8-21)26-15-13-18(2)14-16-26/h5-12,18-19H,4,13-17H2,1-3H3,(H,25,27)/t19-/m1/s1. The van der Waals surface area contributed by atoms with Crippen LogP contribution >= 0.6 is 0 Å². The maximum absolute atomic E-state index is 12.2. The third kappa shape index (κ3) is 5.51. The quantitative estimate of drug-likeness (QED) is 0.694. The fourth-order valence-electron chi connectivity index (χ4n) is 3.50. The van der Waals surface area contributed by atoms with E-state index in [0.717, 1.165) is 36.9 Å². The van der Waals surface area contributed by atoms with Crippen molar-refractivity contribution in [1.29, 1.82) is 0 Å². The number of hydrogen-bond acceptors (Lipinski definition) is 3. The van der Waals surface area contributed by atoms with Crippen LogP contribution in [0.3, 0.4) is 0 Å². The normalized spacial score (nSPS) is 15.9. The molecule has 2 aromatic carbocycles. The molecule has 28 heavy (non-hydrogen) atoms. The molecule has 1 saturated heterocycles. The van der Waals surface area contributed by atoms with E-state index in [-0.39, 0.29) is 12.5 Å². The summed E-state index contributed by atoms with van der Waals surface area (Å²) in [4.78, 5) is 14.6. The number of nitrogens with zero attached hydrogens (tertiary/aromatic N) is 1. The second-order valence-electron chi connectivity index (χ2n) is 7.93. The second-order valence-corrected chi connectivity index (χ2v) is 7.93. The van der Waals surface area contributed by atoms with Crippen molar-refractivity contribution in [2.24, 2.45) is 5.92 Å². The van der Waals surface area contributed by atoms with E-state index < -0.39 is 0 Å². The Morgan fingerprint density at radius 3 is 2.36 bits per heavy atom. The van der Waals surface area contributed by atoms with Gasteiger partial charge in [-0.2, -0.15) is 0 Å². The van der Waals surface area contributed by atoms with Crippen LogP contribution in [0.1, 0.15) is 51.5 Å². The molecule has 0 radical (unpaired) electrons. The fraction of sp³-hybridized carbons (Fsp3) is 0.458. The SMILES string of the molecule is CC[C@@H](C)c1ccc(OCC(=O)Nc2ccc(N3CCC(C)CC3)cc2)cc1. The van der Waals surface area contributed by atoms with Gasteiger partial charge in [0.15, 0.2) is 6.61 Å². The van der Waals surface area contributed by atoms with Gasteiger partial charge in [-0.15, -0.1) is 0 Å². The number of benzene rings is 2. The van der Waals surface area contributed by atoms with Crippen LogP contribution in [0.5, 0.6) is 5.75 Å². The Labute approximate surface area is 168 Å². The average Bonchev–Trinajstić information content (AvgIpc) is 2.73. The first-order valence-corrected chi connectivity index (χ1v) is 10.4. The molecule has 0 aromatic heterocycles. The highest BCUT2D eigenvalue weighted by atomic mass is 16.5. The summed E-state index contributed by atoms with van der Waals surface area (Å²) >= 11 is 0. The number of piperidine rings is 1. The van der Waals surface area contributed by atoms with Gasteiger partial charge in [-0.3, -0.25) is 4.79 Å². The first kappa shape index (κ1) is 20.2. The molecule has 1 fully saturated rings. The number of hydrogen-bond donors (Lipinski definition) is 1. The molecule has 0 aliphatic carbocycles. The molecule has 150 valence electrons. The Hall–Kier alpha value is -2.49. The van der Waals surface area contributed by atoms with Crippen molar-refractivity contribution in [2.45, 2.75) is 46.0 Å². The highest BCUT2D eigenvalue weighted by Crippen LogP contribution is 2.24. The molecular formula is C24H32N2O2. The zero-order chi connectivity index (χ0) is 19.9. The number of rotatable bonds is 7. The monoisotopic (exact) mass is 380 g/mol. The van der Waals surface area contributed by atoms with Gasteiger partial charge >= 0.3 is 0 Å². The van der Waals surface area contributed by atoms with Gasteiger partial charge in [0, 0.05) is 24.5 Å². The number of anilines is 2. The van der Waals surface area contributed by atoms with Crippen molar-refractivity contribution in [2.75, 3.05) is 29.9 Å². The molecule has 4 heteroatoms. The Kier molecular flexibility index (Phi) is 6.96. The van der Waals surface area contributed by atoms with Gasteiger partial charge in [0.2, 0.25) is 0 Å². The van der Waals surface area contributed by atoms with Crippen LogP contribution in [-0.4, -0.2) is 25.6 Å². The molecule has 4 nitrogen and oxygen atoms in total. The summed E-state index contributed by atoms with van der Waals surface area (Å²) in [6.07, 6.45) is 3.60. The maximum atomic E-state index is 12.2. The van der Waals surface area contributed by atoms with Gasteiger partial charge in [-0.05, 0) is 73.1 Å². The van der Waals surface area contributed by atoms with E-state index in [2.05, 4.69) is 55.3 Å². The van der Waals surface area contributed by atoms with Crippen LogP contribution in [0, 0.1) is 5.92 Å². The van der Waals surface area contributed by atoms with Crippen LogP contribution < -0.4 is 15.0 Å². The van der Waals surface area contributed by atoms with Crippen molar-refractivity contribution < 1.29 is 9.53 Å². The van der Waals surface area contributed by atoms with Crippen LogP contribution in [0.15, 0.2) is 48.5 Å². The highest BCUT2D eigenvalue weighted by Gasteiger charge is 2.16. The van der Waals surface area contributed by atoms with E-state index >= 15 is 0 Å². The predicted molar refractivity (Wildman–Crippen MR) is 116 cm³/mol. The third-order valence-corrected chi connectivity index (χ3v) is 5.73. The van der Waals surface area contributed by atoms with Gasteiger partial charge in [-0.1, -0.05) is 32.9 Å². The Bertz CT molecular complexity index is 747. The molecule has 1 aliphatic rings.